The lowest BCUT2D eigenvalue weighted by molar-refractivity contribution is 1.07. The van der Waals surface area contributed by atoms with Crippen LogP contribution in [0.25, 0.3) is 79.2 Å². The summed E-state index contributed by atoms with van der Waals surface area (Å²) in [5.41, 5.74) is 9.47. The van der Waals surface area contributed by atoms with Crippen molar-refractivity contribution in [2.24, 2.45) is 0 Å². The second-order valence-electron chi connectivity index (χ2n) is 11.7. The van der Waals surface area contributed by atoms with E-state index in [1.165, 1.54) is 0 Å². The van der Waals surface area contributed by atoms with Gasteiger partial charge in [-0.05, 0) is 29.3 Å². The van der Waals surface area contributed by atoms with Crippen molar-refractivity contribution in [1.82, 2.24) is 24.9 Å². The largest absolute Gasteiger partial charge is 0.228 e. The zero-order chi connectivity index (χ0) is 33.7. The van der Waals surface area contributed by atoms with Gasteiger partial charge in [-0.2, -0.15) is 5.26 Å². The van der Waals surface area contributed by atoms with Gasteiger partial charge in [-0.15, -0.1) is 0 Å². The molecule has 0 saturated heterocycles. The van der Waals surface area contributed by atoms with E-state index in [2.05, 4.69) is 30.3 Å². The second-order valence-corrected chi connectivity index (χ2v) is 11.7. The van der Waals surface area contributed by atoms with Crippen LogP contribution in [0.2, 0.25) is 0 Å². The highest BCUT2D eigenvalue weighted by Crippen LogP contribution is 2.32. The predicted octanol–water partition coefficient (Wildman–Crippen LogP) is 10.2. The number of hydrogen-bond donors (Lipinski definition) is 0. The monoisotopic (exact) mass is 640 g/mol. The fraction of sp³-hybridized carbons (Fsp3) is 0. The Morgan fingerprint density at radius 1 is 0.320 bits per heavy atom. The summed E-state index contributed by atoms with van der Waals surface area (Å²) in [6, 6.07) is 58.2. The Kier molecular flexibility index (Phi) is 8.20. The fourth-order valence-electron chi connectivity index (χ4n) is 5.86. The van der Waals surface area contributed by atoms with Crippen LogP contribution in [0.5, 0.6) is 0 Å². The number of benzene rings is 6. The van der Waals surface area contributed by atoms with E-state index in [1.807, 2.05) is 146 Å². The van der Waals surface area contributed by atoms with Gasteiger partial charge in [0.2, 0.25) is 0 Å². The molecule has 0 aliphatic heterocycles. The molecule has 0 fully saturated rings. The predicted molar refractivity (Wildman–Crippen MR) is 198 cm³/mol. The highest BCUT2D eigenvalue weighted by molar-refractivity contribution is 5.77. The topological polar surface area (TPSA) is 88.2 Å². The Balaban J connectivity index is 1.17. The summed E-state index contributed by atoms with van der Waals surface area (Å²) in [4.78, 5) is 24.5. The third-order valence-corrected chi connectivity index (χ3v) is 8.42. The molecule has 0 amide bonds. The first kappa shape index (κ1) is 30.2. The van der Waals surface area contributed by atoms with E-state index in [9.17, 15) is 5.26 Å². The Labute approximate surface area is 290 Å². The molecule has 6 heteroatoms. The van der Waals surface area contributed by atoms with E-state index in [4.69, 9.17) is 24.9 Å². The lowest BCUT2D eigenvalue weighted by Crippen LogP contribution is -2.00. The van der Waals surface area contributed by atoms with Gasteiger partial charge in [-0.3, -0.25) is 0 Å². The van der Waals surface area contributed by atoms with Gasteiger partial charge in [0.15, 0.2) is 23.3 Å². The summed E-state index contributed by atoms with van der Waals surface area (Å²) in [7, 11) is 0. The molecule has 0 atom stereocenters. The minimum Gasteiger partial charge on any atom is -0.228 e. The van der Waals surface area contributed by atoms with Crippen molar-refractivity contribution >= 4 is 0 Å². The first-order valence-electron chi connectivity index (χ1n) is 16.2. The minimum atomic E-state index is 0.565. The summed E-state index contributed by atoms with van der Waals surface area (Å²) in [6.07, 6.45) is 0. The molecule has 0 aliphatic carbocycles. The Morgan fingerprint density at radius 2 is 0.760 bits per heavy atom. The molecule has 0 radical (unpaired) electrons. The molecule has 6 nitrogen and oxygen atoms in total. The van der Waals surface area contributed by atoms with Crippen molar-refractivity contribution < 1.29 is 0 Å². The molecule has 0 aliphatic rings. The van der Waals surface area contributed by atoms with Crippen molar-refractivity contribution in [3.8, 4) is 85.3 Å². The SMILES string of the molecule is N#Cc1ccccc1-c1cc(-c2ccccc2)nc(-c2cccc(-c3ccc(-c4nc(-c5ccccc5)nc(-c5ccccc5)n4)cc3)c2)n1. The van der Waals surface area contributed by atoms with Crippen molar-refractivity contribution in [3.63, 3.8) is 0 Å². The molecule has 6 aromatic carbocycles. The highest BCUT2D eigenvalue weighted by atomic mass is 15.0. The first-order valence-corrected chi connectivity index (χ1v) is 16.2. The molecular formula is C44H28N6. The zero-order valence-corrected chi connectivity index (χ0v) is 26.8. The Morgan fingerprint density at radius 3 is 1.36 bits per heavy atom. The van der Waals surface area contributed by atoms with Gasteiger partial charge in [0, 0.05) is 33.4 Å². The standard InChI is InChI=1S/C44H28N6/c45-29-37-19-10-11-22-38(37)40-28-39(31-13-4-1-5-14-31)46-44(47-40)36-21-12-20-35(27-36)30-23-25-34(26-24-30)43-49-41(32-15-6-2-7-16-32)48-42(50-43)33-17-8-3-9-18-33/h1-28H. The number of nitriles is 1. The van der Waals surface area contributed by atoms with Gasteiger partial charge in [0.05, 0.1) is 23.0 Å². The molecule has 8 aromatic rings. The lowest BCUT2D eigenvalue weighted by atomic mass is 10.00. The average molecular weight is 641 g/mol. The van der Waals surface area contributed by atoms with Crippen molar-refractivity contribution in [3.05, 3.63) is 175 Å². The molecule has 234 valence electrons. The van der Waals surface area contributed by atoms with Gasteiger partial charge in [-0.25, -0.2) is 24.9 Å². The van der Waals surface area contributed by atoms with Gasteiger partial charge >= 0.3 is 0 Å². The molecule has 2 heterocycles. The summed E-state index contributed by atoms with van der Waals surface area (Å²) in [6.45, 7) is 0. The van der Waals surface area contributed by atoms with Gasteiger partial charge in [-0.1, -0.05) is 152 Å². The fourth-order valence-corrected chi connectivity index (χ4v) is 5.86. The Hall–Kier alpha value is -7.10. The van der Waals surface area contributed by atoms with Crippen LogP contribution in [-0.4, -0.2) is 24.9 Å². The van der Waals surface area contributed by atoms with Crippen LogP contribution in [0.3, 0.4) is 0 Å². The first-order chi connectivity index (χ1) is 24.7. The summed E-state index contributed by atoms with van der Waals surface area (Å²) in [5.74, 6) is 2.44. The third kappa shape index (κ3) is 6.27. The highest BCUT2D eigenvalue weighted by Gasteiger charge is 2.15. The van der Waals surface area contributed by atoms with E-state index >= 15 is 0 Å². The van der Waals surface area contributed by atoms with Crippen LogP contribution in [0, 0.1) is 11.3 Å². The summed E-state index contributed by atoms with van der Waals surface area (Å²) >= 11 is 0. The maximum absolute atomic E-state index is 9.83. The average Bonchev–Trinajstić information content (AvgIpc) is 3.21. The minimum absolute atomic E-state index is 0.565. The molecule has 8 rings (SSSR count). The number of hydrogen-bond acceptors (Lipinski definition) is 6. The number of aromatic nitrogens is 5. The van der Waals surface area contributed by atoms with E-state index in [1.54, 1.807) is 0 Å². The van der Waals surface area contributed by atoms with E-state index in [0.717, 1.165) is 50.2 Å². The van der Waals surface area contributed by atoms with Crippen molar-refractivity contribution in [2.45, 2.75) is 0 Å². The smallest absolute Gasteiger partial charge is 0.164 e. The maximum Gasteiger partial charge on any atom is 0.164 e. The number of rotatable bonds is 7. The van der Waals surface area contributed by atoms with E-state index < -0.39 is 0 Å². The van der Waals surface area contributed by atoms with Crippen molar-refractivity contribution in [2.75, 3.05) is 0 Å². The van der Waals surface area contributed by atoms with Crippen LogP contribution in [0.1, 0.15) is 5.56 Å². The molecule has 0 N–H and O–H groups in total. The third-order valence-electron chi connectivity index (χ3n) is 8.42. The molecule has 50 heavy (non-hydrogen) atoms. The van der Waals surface area contributed by atoms with Crippen LogP contribution in [-0.2, 0) is 0 Å². The zero-order valence-electron chi connectivity index (χ0n) is 26.8. The van der Waals surface area contributed by atoms with Crippen LogP contribution in [0.4, 0.5) is 0 Å². The summed E-state index contributed by atoms with van der Waals surface area (Å²) in [5, 5.41) is 9.83. The molecule has 0 bridgehead atoms. The normalized spacial score (nSPS) is 10.8. The second kappa shape index (κ2) is 13.6. The van der Waals surface area contributed by atoms with Crippen molar-refractivity contribution in [1.29, 1.82) is 5.26 Å². The van der Waals surface area contributed by atoms with Crippen LogP contribution in [0.15, 0.2) is 170 Å². The molecule has 0 unspecified atom stereocenters. The molecule has 0 spiro atoms. The summed E-state index contributed by atoms with van der Waals surface area (Å²) < 4.78 is 0. The lowest BCUT2D eigenvalue weighted by Gasteiger charge is -2.11. The van der Waals surface area contributed by atoms with Crippen LogP contribution >= 0.6 is 0 Å². The van der Waals surface area contributed by atoms with Gasteiger partial charge < -0.3 is 0 Å². The number of nitrogens with zero attached hydrogens (tertiary/aromatic N) is 6. The van der Waals surface area contributed by atoms with Gasteiger partial charge in [0.25, 0.3) is 0 Å². The molecular weight excluding hydrogens is 613 g/mol. The molecule has 0 saturated carbocycles. The van der Waals surface area contributed by atoms with Crippen LogP contribution < -0.4 is 0 Å². The van der Waals surface area contributed by atoms with Gasteiger partial charge in [0.1, 0.15) is 0 Å². The maximum atomic E-state index is 9.83. The quantitative estimate of drug-likeness (QED) is 0.172. The van der Waals surface area contributed by atoms with E-state index in [0.29, 0.717) is 34.6 Å². The molecule has 2 aromatic heterocycles. The Bertz CT molecular complexity index is 2420. The van der Waals surface area contributed by atoms with E-state index in [-0.39, 0.29) is 0 Å².